The van der Waals surface area contributed by atoms with E-state index in [1.54, 1.807) is 0 Å². The molecule has 0 amide bonds. The van der Waals surface area contributed by atoms with Gasteiger partial charge in [0.2, 0.25) is 0 Å². The molecule has 7 heteroatoms. The number of alkyl halides is 7. The van der Waals surface area contributed by atoms with Crippen LogP contribution in [0, 0.1) is 0 Å². The molecule has 80 valence electrons. The van der Waals surface area contributed by atoms with Crippen LogP contribution in [0.25, 0.3) is 0 Å². The summed E-state index contributed by atoms with van der Waals surface area (Å²) < 4.78 is -2.25. The molecular weight excluding hydrogens is 542 g/mol. The van der Waals surface area contributed by atoms with E-state index in [0.29, 0.717) is 0 Å². The number of rotatable bonds is 4. The SMILES string of the molecule is CCCC(Br)(Br)C(Br)(Br)C(Cl)(Cl)Br. The maximum Gasteiger partial charge on any atom is 0.199 e. The second-order valence-electron chi connectivity index (χ2n) is 2.53. The summed E-state index contributed by atoms with van der Waals surface area (Å²) in [7, 11) is 0. The number of hydrogen-bond acceptors (Lipinski definition) is 0. The summed E-state index contributed by atoms with van der Waals surface area (Å²) in [6.45, 7) is 2.08. The molecule has 0 aliphatic rings. The molecule has 0 heterocycles. The van der Waals surface area contributed by atoms with E-state index < -0.39 is 9.71 Å². The number of halogens is 7. The summed E-state index contributed by atoms with van der Waals surface area (Å²) in [5.74, 6) is 0. The third-order valence-electron chi connectivity index (χ3n) is 1.38. The second-order valence-corrected chi connectivity index (χ2v) is 13.2. The highest BCUT2D eigenvalue weighted by atomic mass is 79.9. The van der Waals surface area contributed by atoms with E-state index in [4.69, 9.17) is 23.2 Å². The van der Waals surface area contributed by atoms with Gasteiger partial charge in [0, 0.05) is 0 Å². The van der Waals surface area contributed by atoms with E-state index in [1.165, 1.54) is 0 Å². The summed E-state index contributed by atoms with van der Waals surface area (Å²) in [5, 5.41) is 0. The Hall–Kier alpha value is 2.98. The minimum absolute atomic E-state index is 0.422. The Bertz CT molecular complexity index is 174. The lowest BCUT2D eigenvalue weighted by Gasteiger charge is -2.39. The molecule has 0 spiro atoms. The molecule has 0 aromatic carbocycles. The Balaban J connectivity index is 4.81. The highest BCUT2D eigenvalue weighted by Gasteiger charge is 2.56. The van der Waals surface area contributed by atoms with Gasteiger partial charge in [-0.3, -0.25) is 0 Å². The molecule has 0 aliphatic heterocycles. The molecule has 0 bridgehead atoms. The molecule has 0 fully saturated rings. The van der Waals surface area contributed by atoms with E-state index in [2.05, 4.69) is 86.6 Å². The Morgan fingerprint density at radius 2 is 1.38 bits per heavy atom. The van der Waals surface area contributed by atoms with Crippen molar-refractivity contribution in [1.29, 1.82) is 0 Å². The number of hydrogen-bond donors (Lipinski definition) is 0. The Morgan fingerprint density at radius 3 is 1.62 bits per heavy atom. The lowest BCUT2D eigenvalue weighted by atomic mass is 10.2. The van der Waals surface area contributed by atoms with Gasteiger partial charge in [0.15, 0.2) is 3.24 Å². The average Bonchev–Trinajstić information content (AvgIpc) is 1.84. The zero-order valence-corrected chi connectivity index (χ0v) is 16.0. The first-order chi connectivity index (χ1) is 5.56. The van der Waals surface area contributed by atoms with Crippen molar-refractivity contribution >= 4 is 103 Å². The Kier molecular flexibility index (Phi) is 6.81. The molecule has 0 radical (unpaired) electrons. The fourth-order valence-corrected chi connectivity index (χ4v) is 4.11. The summed E-state index contributed by atoms with van der Waals surface area (Å²) >= 11 is 29.1. The molecule has 0 nitrogen and oxygen atoms in total. The highest BCUT2D eigenvalue weighted by Crippen LogP contribution is 2.62. The van der Waals surface area contributed by atoms with Gasteiger partial charge in [0.05, 0.1) is 0 Å². The minimum Gasteiger partial charge on any atom is -0.0861 e. The first kappa shape index (κ1) is 16.0. The summed E-state index contributed by atoms with van der Waals surface area (Å²) in [6, 6.07) is 0. The smallest absolute Gasteiger partial charge is 0.0861 e. The van der Waals surface area contributed by atoms with Gasteiger partial charge in [0.25, 0.3) is 0 Å². The second kappa shape index (κ2) is 5.54. The zero-order chi connectivity index (χ0) is 10.9. The monoisotopic (exact) mass is 544 g/mol. The van der Waals surface area contributed by atoms with Crippen LogP contribution in [-0.4, -0.2) is 9.71 Å². The normalized spacial score (nSPS) is 14.8. The minimum atomic E-state index is -1.12. The largest absolute Gasteiger partial charge is 0.199 e. The van der Waals surface area contributed by atoms with Crippen molar-refractivity contribution in [2.24, 2.45) is 0 Å². The van der Waals surface area contributed by atoms with Crippen molar-refractivity contribution in [1.82, 2.24) is 0 Å². The molecule has 0 aromatic heterocycles. The van der Waals surface area contributed by atoms with Gasteiger partial charge in [-0.05, 0) is 22.4 Å². The Labute approximate surface area is 131 Å². The van der Waals surface area contributed by atoms with Gasteiger partial charge >= 0.3 is 0 Å². The molecule has 0 aliphatic carbocycles. The van der Waals surface area contributed by atoms with E-state index in [1.807, 2.05) is 0 Å². The molecule has 0 unspecified atom stereocenters. The van der Waals surface area contributed by atoms with Gasteiger partial charge in [0.1, 0.15) is 6.47 Å². The van der Waals surface area contributed by atoms with Gasteiger partial charge in [-0.2, -0.15) is 0 Å². The third kappa shape index (κ3) is 4.04. The maximum atomic E-state index is 5.97. The van der Waals surface area contributed by atoms with Crippen molar-refractivity contribution in [3.8, 4) is 0 Å². The van der Waals surface area contributed by atoms with Crippen molar-refractivity contribution < 1.29 is 0 Å². The molecule has 0 rings (SSSR count). The lowest BCUT2D eigenvalue weighted by Crippen LogP contribution is -2.44. The van der Waals surface area contributed by atoms with Crippen LogP contribution in [0.3, 0.4) is 0 Å². The molecule has 13 heavy (non-hydrogen) atoms. The van der Waals surface area contributed by atoms with Crippen molar-refractivity contribution in [3.05, 3.63) is 0 Å². The van der Waals surface area contributed by atoms with Crippen LogP contribution in [-0.2, 0) is 0 Å². The highest BCUT2D eigenvalue weighted by molar-refractivity contribution is 9.31. The van der Waals surface area contributed by atoms with E-state index >= 15 is 0 Å². The van der Waals surface area contributed by atoms with E-state index in [0.717, 1.165) is 12.8 Å². The van der Waals surface area contributed by atoms with E-state index in [9.17, 15) is 0 Å². The Morgan fingerprint density at radius 1 is 1.00 bits per heavy atom. The third-order valence-corrected chi connectivity index (χ3v) is 11.2. The van der Waals surface area contributed by atoms with Gasteiger partial charge in [-0.1, -0.05) is 100 Å². The summed E-state index contributed by atoms with van der Waals surface area (Å²) in [6.07, 6.45) is 1.85. The standard InChI is InChI=1S/C6H7Br5Cl2/c1-2-3-4(7,8)5(9,10)6(11,12)13/h2-3H2,1H3. The van der Waals surface area contributed by atoms with Crippen LogP contribution in [0.5, 0.6) is 0 Å². The average molecular weight is 550 g/mol. The maximum absolute atomic E-state index is 5.97. The topological polar surface area (TPSA) is 0 Å². The van der Waals surface area contributed by atoms with Crippen LogP contribution < -0.4 is 0 Å². The lowest BCUT2D eigenvalue weighted by molar-refractivity contribution is 0.677. The predicted octanol–water partition coefficient (Wildman–Crippen LogP) is 6.29. The molecule has 0 saturated carbocycles. The predicted molar refractivity (Wildman–Crippen MR) is 79.4 cm³/mol. The quantitative estimate of drug-likeness (QED) is 0.362. The summed E-state index contributed by atoms with van der Waals surface area (Å²) in [4.78, 5) is 0. The summed E-state index contributed by atoms with van der Waals surface area (Å²) in [5.41, 5.74) is 0. The van der Waals surface area contributed by atoms with Crippen LogP contribution in [0.2, 0.25) is 0 Å². The van der Waals surface area contributed by atoms with E-state index in [-0.39, 0.29) is 0 Å². The van der Waals surface area contributed by atoms with Gasteiger partial charge in [-0.15, -0.1) is 0 Å². The first-order valence-corrected chi connectivity index (χ1v) is 8.10. The fourth-order valence-electron chi connectivity index (χ4n) is 0.678. The van der Waals surface area contributed by atoms with Crippen LogP contribution >= 0.6 is 103 Å². The molecular formula is C6H7Br5Cl2. The van der Waals surface area contributed by atoms with Crippen molar-refractivity contribution in [2.75, 3.05) is 0 Å². The van der Waals surface area contributed by atoms with Crippen LogP contribution in [0.15, 0.2) is 0 Å². The zero-order valence-electron chi connectivity index (χ0n) is 6.56. The molecule has 0 N–H and O–H groups in total. The molecule has 0 atom stereocenters. The van der Waals surface area contributed by atoms with Gasteiger partial charge < -0.3 is 0 Å². The van der Waals surface area contributed by atoms with Crippen LogP contribution in [0.1, 0.15) is 19.8 Å². The van der Waals surface area contributed by atoms with Crippen molar-refractivity contribution in [3.63, 3.8) is 0 Å². The fraction of sp³-hybridized carbons (Fsp3) is 1.00. The van der Waals surface area contributed by atoms with Crippen molar-refractivity contribution in [2.45, 2.75) is 29.5 Å². The van der Waals surface area contributed by atoms with Gasteiger partial charge in [-0.25, -0.2) is 0 Å². The molecule has 0 aromatic rings. The molecule has 0 saturated heterocycles. The first-order valence-electron chi connectivity index (χ1n) is 3.38. The van der Waals surface area contributed by atoms with Crippen LogP contribution in [0.4, 0.5) is 0 Å².